The minimum absolute atomic E-state index is 0.645. The molecule has 0 aliphatic rings. The summed E-state index contributed by atoms with van der Waals surface area (Å²) in [4.78, 5) is 14.9. The molecule has 12 rings (SSSR count). The zero-order valence-electron chi connectivity index (χ0n) is 27.8. The van der Waals surface area contributed by atoms with Crippen LogP contribution < -0.4 is 0 Å². The van der Waals surface area contributed by atoms with Gasteiger partial charge in [-0.25, -0.2) is 15.0 Å². The zero-order valence-corrected chi connectivity index (χ0v) is 27.8. The second kappa shape index (κ2) is 10.2. The van der Waals surface area contributed by atoms with Crippen molar-refractivity contribution in [2.75, 3.05) is 0 Å². The van der Waals surface area contributed by atoms with Crippen molar-refractivity contribution in [3.63, 3.8) is 0 Å². The summed E-state index contributed by atoms with van der Waals surface area (Å²) in [5, 5.41) is 10.3. The smallest absolute Gasteiger partial charge is 0.164 e. The van der Waals surface area contributed by atoms with Gasteiger partial charge in [0.2, 0.25) is 0 Å². The fraction of sp³-hybridized carbons (Fsp3) is 0. The SMILES string of the molecule is c1ccc(-c2nc(-c3ccccc3)nc(-c3ccc(-n4c5ccc6ccc7cccc8c7c6c5c5c4ccc4c6ccccc6n8c45)cc3)n2)cc1. The number of fused-ring (bicyclic) bond motifs is 4. The van der Waals surface area contributed by atoms with Crippen molar-refractivity contribution >= 4 is 70.7 Å². The lowest BCUT2D eigenvalue weighted by atomic mass is 9.97. The Morgan fingerprint density at radius 2 is 0.885 bits per heavy atom. The summed E-state index contributed by atoms with van der Waals surface area (Å²) in [6.45, 7) is 0. The van der Waals surface area contributed by atoms with Crippen molar-refractivity contribution in [2.24, 2.45) is 0 Å². The van der Waals surface area contributed by atoms with E-state index in [2.05, 4.69) is 112 Å². The van der Waals surface area contributed by atoms with Crippen molar-refractivity contribution < 1.29 is 0 Å². The number of hydrogen-bond donors (Lipinski definition) is 0. The van der Waals surface area contributed by atoms with Crippen molar-refractivity contribution in [1.29, 1.82) is 0 Å². The van der Waals surface area contributed by atoms with Crippen molar-refractivity contribution in [1.82, 2.24) is 23.9 Å². The van der Waals surface area contributed by atoms with Gasteiger partial charge in [0.05, 0.1) is 27.6 Å². The first-order chi connectivity index (χ1) is 25.8. The van der Waals surface area contributed by atoms with Crippen LogP contribution in [0.3, 0.4) is 0 Å². The molecule has 0 N–H and O–H groups in total. The number of para-hydroxylation sites is 1. The Morgan fingerprint density at radius 1 is 0.327 bits per heavy atom. The molecule has 0 saturated heterocycles. The quantitative estimate of drug-likeness (QED) is 0.176. The molecule has 240 valence electrons. The molecular weight excluding hydrogens is 635 g/mol. The highest BCUT2D eigenvalue weighted by molar-refractivity contribution is 6.37. The summed E-state index contributed by atoms with van der Waals surface area (Å²) in [5.41, 5.74) is 10.1. The van der Waals surface area contributed by atoms with E-state index in [-0.39, 0.29) is 0 Å². The number of aromatic nitrogens is 5. The molecule has 4 heterocycles. The van der Waals surface area contributed by atoms with Crippen molar-refractivity contribution in [2.45, 2.75) is 0 Å². The lowest BCUT2D eigenvalue weighted by molar-refractivity contribution is 1.07. The van der Waals surface area contributed by atoms with E-state index in [0.29, 0.717) is 17.5 Å². The second-order valence-corrected chi connectivity index (χ2v) is 13.6. The molecule has 5 heteroatoms. The molecular formula is C47H27N5. The van der Waals surface area contributed by atoms with Crippen LogP contribution in [-0.2, 0) is 0 Å². The van der Waals surface area contributed by atoms with Gasteiger partial charge in [0.25, 0.3) is 0 Å². The van der Waals surface area contributed by atoms with Crippen LogP contribution in [0, 0.1) is 0 Å². The normalized spacial score (nSPS) is 12.2. The molecule has 12 aromatic rings. The largest absolute Gasteiger partial charge is 0.309 e. The molecule has 0 aliphatic heterocycles. The molecule has 8 aromatic carbocycles. The minimum Gasteiger partial charge on any atom is -0.309 e. The number of rotatable bonds is 4. The van der Waals surface area contributed by atoms with Gasteiger partial charge in [0, 0.05) is 54.7 Å². The van der Waals surface area contributed by atoms with Crippen LogP contribution in [0.15, 0.2) is 164 Å². The third kappa shape index (κ3) is 3.69. The number of benzene rings is 8. The Labute approximate surface area is 297 Å². The van der Waals surface area contributed by atoms with E-state index < -0.39 is 0 Å². The van der Waals surface area contributed by atoms with E-state index in [1.807, 2.05) is 60.7 Å². The first kappa shape index (κ1) is 27.7. The Hall–Kier alpha value is -7.11. The summed E-state index contributed by atoms with van der Waals surface area (Å²) in [5.74, 6) is 1.96. The first-order valence-electron chi connectivity index (χ1n) is 17.6. The van der Waals surface area contributed by atoms with Crippen LogP contribution in [0.5, 0.6) is 0 Å². The van der Waals surface area contributed by atoms with Gasteiger partial charge in [-0.1, -0.05) is 115 Å². The summed E-state index contributed by atoms with van der Waals surface area (Å²) < 4.78 is 4.94. The fourth-order valence-corrected chi connectivity index (χ4v) is 8.63. The molecule has 0 unspecified atom stereocenters. The molecule has 0 radical (unpaired) electrons. The number of hydrogen-bond acceptors (Lipinski definition) is 3. The molecule has 4 aromatic heterocycles. The highest BCUT2D eigenvalue weighted by atomic mass is 15.0. The molecule has 0 aliphatic carbocycles. The molecule has 0 bridgehead atoms. The third-order valence-corrected chi connectivity index (χ3v) is 10.9. The Bertz CT molecular complexity index is 3260. The average molecular weight is 662 g/mol. The Kier molecular flexibility index (Phi) is 5.44. The molecule has 0 amide bonds. The standard InChI is InChI=1S/C47H27N5/c1-3-10-30(11-4-1)45-48-46(31-12-5-2-6-13-31)50-47(49-45)32-20-23-33(24-21-32)51-38-26-22-29-19-18-28-14-9-17-37-40(28)41(29)42(38)43-39(51)27-25-35-34-15-7-8-16-36(34)52(37)44(35)43/h1-27H. The van der Waals surface area contributed by atoms with Crippen LogP contribution in [0.25, 0.3) is 111 Å². The van der Waals surface area contributed by atoms with Gasteiger partial charge in [0.15, 0.2) is 17.5 Å². The van der Waals surface area contributed by atoms with Crippen LogP contribution in [-0.4, -0.2) is 23.9 Å². The predicted octanol–water partition coefficient (Wildman–Crippen LogP) is 11.7. The van der Waals surface area contributed by atoms with Gasteiger partial charge in [0.1, 0.15) is 0 Å². The minimum atomic E-state index is 0.645. The van der Waals surface area contributed by atoms with E-state index in [4.69, 9.17) is 15.0 Å². The zero-order chi connectivity index (χ0) is 33.9. The predicted molar refractivity (Wildman–Crippen MR) is 214 cm³/mol. The van der Waals surface area contributed by atoms with E-state index >= 15 is 0 Å². The molecule has 0 saturated carbocycles. The highest BCUT2D eigenvalue weighted by Crippen LogP contribution is 2.47. The topological polar surface area (TPSA) is 48.0 Å². The summed E-state index contributed by atoms with van der Waals surface area (Å²) in [6.07, 6.45) is 0. The maximum atomic E-state index is 4.98. The highest BCUT2D eigenvalue weighted by Gasteiger charge is 2.24. The van der Waals surface area contributed by atoms with E-state index in [9.17, 15) is 0 Å². The third-order valence-electron chi connectivity index (χ3n) is 10.9. The van der Waals surface area contributed by atoms with Gasteiger partial charge in [-0.2, -0.15) is 0 Å². The Morgan fingerprint density at radius 3 is 1.60 bits per heavy atom. The summed E-state index contributed by atoms with van der Waals surface area (Å²) >= 11 is 0. The lowest BCUT2D eigenvalue weighted by Gasteiger charge is -2.12. The van der Waals surface area contributed by atoms with Gasteiger partial charge < -0.3 is 8.97 Å². The molecule has 0 atom stereocenters. The molecule has 5 nitrogen and oxygen atoms in total. The van der Waals surface area contributed by atoms with Crippen molar-refractivity contribution in [3.05, 3.63) is 164 Å². The average Bonchev–Trinajstić information content (AvgIpc) is 3.69. The molecule has 0 fully saturated rings. The van der Waals surface area contributed by atoms with E-state index in [1.165, 1.54) is 70.7 Å². The molecule has 0 spiro atoms. The fourth-order valence-electron chi connectivity index (χ4n) is 8.63. The van der Waals surface area contributed by atoms with Crippen LogP contribution in [0.1, 0.15) is 0 Å². The molecule has 52 heavy (non-hydrogen) atoms. The maximum absolute atomic E-state index is 4.98. The monoisotopic (exact) mass is 661 g/mol. The van der Waals surface area contributed by atoms with Gasteiger partial charge in [-0.3, -0.25) is 0 Å². The summed E-state index contributed by atoms with van der Waals surface area (Å²) in [7, 11) is 0. The van der Waals surface area contributed by atoms with Gasteiger partial charge in [-0.05, 0) is 59.3 Å². The van der Waals surface area contributed by atoms with Crippen LogP contribution in [0.2, 0.25) is 0 Å². The van der Waals surface area contributed by atoms with Crippen molar-refractivity contribution in [3.8, 4) is 39.9 Å². The first-order valence-corrected chi connectivity index (χ1v) is 17.6. The van der Waals surface area contributed by atoms with Gasteiger partial charge >= 0.3 is 0 Å². The second-order valence-electron chi connectivity index (χ2n) is 13.6. The Balaban J connectivity index is 1.13. The van der Waals surface area contributed by atoms with E-state index in [0.717, 1.165) is 22.4 Å². The maximum Gasteiger partial charge on any atom is 0.164 e. The summed E-state index contributed by atoms with van der Waals surface area (Å²) in [6, 6.07) is 58.2. The lowest BCUT2D eigenvalue weighted by Crippen LogP contribution is -2.00. The van der Waals surface area contributed by atoms with Gasteiger partial charge in [-0.15, -0.1) is 0 Å². The van der Waals surface area contributed by atoms with Crippen LogP contribution >= 0.6 is 0 Å². The van der Waals surface area contributed by atoms with Crippen LogP contribution in [0.4, 0.5) is 0 Å². The number of nitrogens with zero attached hydrogens (tertiary/aromatic N) is 5. The van der Waals surface area contributed by atoms with E-state index in [1.54, 1.807) is 0 Å².